The van der Waals surface area contributed by atoms with Gasteiger partial charge in [-0.25, -0.2) is 13.1 Å². The maximum absolute atomic E-state index is 12.4. The minimum absolute atomic E-state index is 0.0164. The highest BCUT2D eigenvalue weighted by Crippen LogP contribution is 2.29. The Morgan fingerprint density at radius 2 is 1.90 bits per heavy atom. The predicted octanol–water partition coefficient (Wildman–Crippen LogP) is 1.14. The molecule has 2 rings (SSSR count). The van der Waals surface area contributed by atoms with Crippen molar-refractivity contribution >= 4 is 10.0 Å². The minimum atomic E-state index is -4.52. The van der Waals surface area contributed by atoms with Crippen LogP contribution in [-0.2, 0) is 20.9 Å². The lowest BCUT2D eigenvalue weighted by Crippen LogP contribution is -2.43. The van der Waals surface area contributed by atoms with Crippen LogP contribution in [0.4, 0.5) is 13.2 Å². The molecule has 1 fully saturated rings. The van der Waals surface area contributed by atoms with Crippen molar-refractivity contribution in [2.24, 2.45) is 0 Å². The summed E-state index contributed by atoms with van der Waals surface area (Å²) in [6.45, 7) is 0.0946. The summed E-state index contributed by atoms with van der Waals surface area (Å²) in [6.07, 6.45) is -4.23. The van der Waals surface area contributed by atoms with Gasteiger partial charge in [0, 0.05) is 19.6 Å². The second-order valence-corrected chi connectivity index (χ2v) is 6.64. The number of nitrogens with one attached hydrogen (secondary N) is 1. The van der Waals surface area contributed by atoms with Gasteiger partial charge in [0.2, 0.25) is 10.0 Å². The molecule has 118 valence electrons. The lowest BCUT2D eigenvalue weighted by molar-refractivity contribution is -0.137. The highest BCUT2D eigenvalue weighted by molar-refractivity contribution is 7.89. The molecule has 0 unspecified atom stereocenters. The van der Waals surface area contributed by atoms with E-state index in [0.29, 0.717) is 25.2 Å². The Bertz CT molecular complexity index is 592. The van der Waals surface area contributed by atoms with Gasteiger partial charge in [-0.2, -0.15) is 13.2 Å². The number of halogens is 3. The van der Waals surface area contributed by atoms with Gasteiger partial charge in [-0.1, -0.05) is 0 Å². The average Bonchev–Trinajstić information content (AvgIpc) is 2.84. The van der Waals surface area contributed by atoms with E-state index < -0.39 is 27.4 Å². The third kappa shape index (κ3) is 3.94. The Morgan fingerprint density at radius 3 is 2.38 bits per heavy atom. The van der Waals surface area contributed by atoms with Crippen molar-refractivity contribution in [3.63, 3.8) is 0 Å². The summed E-state index contributed by atoms with van der Waals surface area (Å²) in [5, 5.41) is 9.95. The van der Waals surface area contributed by atoms with Crippen LogP contribution in [0.1, 0.15) is 12.0 Å². The van der Waals surface area contributed by atoms with Crippen LogP contribution in [0, 0.1) is 0 Å². The fraction of sp³-hybridized carbons (Fsp3) is 0.500. The molecule has 1 aromatic rings. The lowest BCUT2D eigenvalue weighted by Gasteiger charge is -2.20. The molecule has 1 heterocycles. The van der Waals surface area contributed by atoms with Crippen LogP contribution in [0.25, 0.3) is 0 Å². The van der Waals surface area contributed by atoms with Gasteiger partial charge in [0.1, 0.15) is 5.60 Å². The Morgan fingerprint density at radius 1 is 1.29 bits per heavy atom. The topological polar surface area (TPSA) is 75.6 Å². The molecule has 1 atom stereocenters. The molecule has 0 bridgehead atoms. The summed E-state index contributed by atoms with van der Waals surface area (Å²) in [4.78, 5) is -0.294. The van der Waals surface area contributed by atoms with E-state index in [1.807, 2.05) is 0 Å². The molecule has 0 spiro atoms. The second kappa shape index (κ2) is 5.56. The van der Waals surface area contributed by atoms with Crippen LogP contribution >= 0.6 is 0 Å². The van der Waals surface area contributed by atoms with Crippen LogP contribution < -0.4 is 4.72 Å². The number of hydrogen-bond acceptors (Lipinski definition) is 4. The first kappa shape index (κ1) is 16.2. The molecule has 0 saturated carbocycles. The third-order valence-corrected chi connectivity index (χ3v) is 4.58. The maximum atomic E-state index is 12.4. The second-order valence-electron chi connectivity index (χ2n) is 4.87. The van der Waals surface area contributed by atoms with Gasteiger partial charge >= 0.3 is 6.18 Å². The normalized spacial score (nSPS) is 23.4. The zero-order chi connectivity index (χ0) is 15.7. The van der Waals surface area contributed by atoms with Crippen molar-refractivity contribution in [2.75, 3.05) is 19.8 Å². The van der Waals surface area contributed by atoms with Gasteiger partial charge in [-0.05, 0) is 24.3 Å². The Hall–Kier alpha value is -1.16. The zero-order valence-corrected chi connectivity index (χ0v) is 11.7. The van der Waals surface area contributed by atoms with Crippen LogP contribution in [0.3, 0.4) is 0 Å². The van der Waals surface area contributed by atoms with Crippen LogP contribution in [-0.4, -0.2) is 38.9 Å². The first-order chi connectivity index (χ1) is 9.62. The van der Waals surface area contributed by atoms with E-state index >= 15 is 0 Å². The average molecular weight is 325 g/mol. The van der Waals surface area contributed by atoms with Crippen LogP contribution in [0.5, 0.6) is 0 Å². The molecule has 1 aliphatic rings. The van der Waals surface area contributed by atoms with Crippen molar-refractivity contribution in [2.45, 2.75) is 23.1 Å². The summed E-state index contributed by atoms with van der Waals surface area (Å²) in [7, 11) is -3.98. The SMILES string of the molecule is O=S(=O)(NC[C@@]1(O)CCOC1)c1ccc(C(F)(F)F)cc1. The molecule has 0 amide bonds. The molecule has 1 saturated heterocycles. The maximum Gasteiger partial charge on any atom is 0.416 e. The smallest absolute Gasteiger partial charge is 0.386 e. The molecule has 0 aromatic heterocycles. The van der Waals surface area contributed by atoms with Gasteiger partial charge in [-0.3, -0.25) is 0 Å². The van der Waals surface area contributed by atoms with Crippen molar-refractivity contribution < 1.29 is 31.4 Å². The number of rotatable bonds is 4. The minimum Gasteiger partial charge on any atom is -0.386 e. The first-order valence-corrected chi connectivity index (χ1v) is 7.58. The fourth-order valence-corrected chi connectivity index (χ4v) is 2.99. The third-order valence-electron chi connectivity index (χ3n) is 3.17. The summed E-state index contributed by atoms with van der Waals surface area (Å²) in [6, 6.07) is 3.14. The molecule has 9 heteroatoms. The Balaban J connectivity index is 2.09. The van der Waals surface area contributed by atoms with E-state index in [0.717, 1.165) is 12.1 Å². The highest BCUT2D eigenvalue weighted by atomic mass is 32.2. The number of alkyl halides is 3. The van der Waals surface area contributed by atoms with Gasteiger partial charge in [-0.15, -0.1) is 0 Å². The molecule has 2 N–H and O–H groups in total. The van der Waals surface area contributed by atoms with Gasteiger partial charge in [0.05, 0.1) is 17.1 Å². The molecule has 21 heavy (non-hydrogen) atoms. The Labute approximate surface area is 119 Å². The van der Waals surface area contributed by atoms with Gasteiger partial charge in [0.15, 0.2) is 0 Å². The number of ether oxygens (including phenoxy) is 1. The van der Waals surface area contributed by atoms with Crippen molar-refractivity contribution in [1.82, 2.24) is 4.72 Å². The van der Waals surface area contributed by atoms with Crippen molar-refractivity contribution in [3.8, 4) is 0 Å². The molecular formula is C12H14F3NO4S. The van der Waals surface area contributed by atoms with Crippen molar-refractivity contribution in [3.05, 3.63) is 29.8 Å². The van der Waals surface area contributed by atoms with E-state index in [9.17, 15) is 26.7 Å². The fourth-order valence-electron chi connectivity index (χ4n) is 1.87. The quantitative estimate of drug-likeness (QED) is 0.870. The molecule has 5 nitrogen and oxygen atoms in total. The zero-order valence-electron chi connectivity index (χ0n) is 10.9. The van der Waals surface area contributed by atoms with E-state index in [1.54, 1.807) is 0 Å². The van der Waals surface area contributed by atoms with Crippen LogP contribution in [0.2, 0.25) is 0 Å². The van der Waals surface area contributed by atoms with Gasteiger partial charge < -0.3 is 9.84 Å². The van der Waals surface area contributed by atoms with E-state index in [-0.39, 0.29) is 18.0 Å². The molecule has 0 aliphatic carbocycles. The summed E-state index contributed by atoms with van der Waals surface area (Å²) in [5.41, 5.74) is -2.21. The molecular weight excluding hydrogens is 311 g/mol. The summed E-state index contributed by atoms with van der Waals surface area (Å²) < 4.78 is 68.3. The summed E-state index contributed by atoms with van der Waals surface area (Å²) in [5.74, 6) is 0. The van der Waals surface area contributed by atoms with Crippen LogP contribution in [0.15, 0.2) is 29.2 Å². The van der Waals surface area contributed by atoms with E-state index in [1.165, 1.54) is 0 Å². The molecule has 1 aliphatic heterocycles. The Kier molecular flexibility index (Phi) is 4.29. The number of hydrogen-bond donors (Lipinski definition) is 2. The van der Waals surface area contributed by atoms with Crippen molar-refractivity contribution in [1.29, 1.82) is 0 Å². The standard InChI is InChI=1S/C12H14F3NO4S/c13-12(14,15)9-1-3-10(4-2-9)21(18,19)16-7-11(17)5-6-20-8-11/h1-4,16-17H,5-8H2/t11-/m0/s1. The monoisotopic (exact) mass is 325 g/mol. The van der Waals surface area contributed by atoms with E-state index in [2.05, 4.69) is 4.72 Å². The first-order valence-electron chi connectivity index (χ1n) is 6.10. The summed E-state index contributed by atoms with van der Waals surface area (Å²) >= 11 is 0. The number of benzene rings is 1. The lowest BCUT2D eigenvalue weighted by atomic mass is 10.1. The number of aliphatic hydroxyl groups is 1. The predicted molar refractivity (Wildman–Crippen MR) is 67.0 cm³/mol. The molecule has 0 radical (unpaired) electrons. The number of sulfonamides is 1. The molecule has 1 aromatic carbocycles. The largest absolute Gasteiger partial charge is 0.416 e. The highest BCUT2D eigenvalue weighted by Gasteiger charge is 2.34. The van der Waals surface area contributed by atoms with E-state index in [4.69, 9.17) is 4.74 Å². The van der Waals surface area contributed by atoms with Gasteiger partial charge in [0.25, 0.3) is 0 Å².